The summed E-state index contributed by atoms with van der Waals surface area (Å²) in [6.07, 6.45) is -10.1. The summed E-state index contributed by atoms with van der Waals surface area (Å²) in [6, 6.07) is 0. The highest BCUT2D eigenvalue weighted by Crippen LogP contribution is 2.58. The maximum Gasteiger partial charge on any atom is 0.336 e. The van der Waals surface area contributed by atoms with Crippen LogP contribution in [0.2, 0.25) is 0 Å². The topological polar surface area (TPSA) is 322 Å². The first-order chi connectivity index (χ1) is 16.0. The molecule has 0 aromatic rings. The summed E-state index contributed by atoms with van der Waals surface area (Å²) < 4.78 is 10.3. The number of nitrogens with one attached hydrogen (secondary N) is 1. The molecule has 5 aliphatic rings. The molecule has 0 aromatic heterocycles. The lowest BCUT2D eigenvalue weighted by Crippen LogP contribution is -2.95. The average Bonchev–Trinajstić information content (AvgIpc) is 2.71. The molecule has 0 radical (unpaired) electrons. The zero-order valence-corrected chi connectivity index (χ0v) is 17.6. The Morgan fingerprint density at radius 1 is 1.03 bits per heavy atom. The van der Waals surface area contributed by atoms with Gasteiger partial charge in [0.25, 0.3) is 0 Å². The molecule has 1 spiro atoms. The van der Waals surface area contributed by atoms with Gasteiger partial charge in [-0.15, -0.1) is 0 Å². The minimum atomic E-state index is -2.74. The lowest BCUT2D eigenvalue weighted by atomic mass is 9.55. The van der Waals surface area contributed by atoms with Crippen LogP contribution in [0.1, 0.15) is 12.8 Å². The second kappa shape index (κ2) is 8.47. The van der Waals surface area contributed by atoms with Crippen molar-refractivity contribution in [1.82, 2.24) is 5.32 Å². The first-order valence-corrected chi connectivity index (χ1v) is 9.94. The SMILES string of the molecule is NC1=NC(O)C2C3O[C@]4(O)OC([C@@H](O)[C@@]2(N1)C4O)C3(O)CO.O=C(O)CC(O)(CC(=O)O)C(=O)O. The van der Waals surface area contributed by atoms with Gasteiger partial charge < -0.3 is 71.6 Å². The molecule has 4 aliphatic heterocycles. The van der Waals surface area contributed by atoms with Gasteiger partial charge in [0.1, 0.15) is 29.5 Å². The molecule has 0 amide bonds. The highest BCUT2D eigenvalue weighted by molar-refractivity contribution is 5.88. The number of guanidine groups is 1. The zero-order chi connectivity index (χ0) is 26.7. The van der Waals surface area contributed by atoms with Crippen molar-refractivity contribution in [1.29, 1.82) is 0 Å². The van der Waals surface area contributed by atoms with E-state index in [0.29, 0.717) is 0 Å². The van der Waals surface area contributed by atoms with Crippen molar-refractivity contribution in [3.05, 3.63) is 0 Å². The van der Waals surface area contributed by atoms with E-state index in [2.05, 4.69) is 10.3 Å². The van der Waals surface area contributed by atoms with Crippen molar-refractivity contribution in [2.75, 3.05) is 6.61 Å². The third-order valence-electron chi connectivity index (χ3n) is 6.50. The molecule has 4 bridgehead atoms. The van der Waals surface area contributed by atoms with Crippen molar-refractivity contribution < 1.29 is 74.9 Å². The minimum absolute atomic E-state index is 0.250. The van der Waals surface area contributed by atoms with E-state index >= 15 is 0 Å². The number of rotatable bonds is 6. The summed E-state index contributed by atoms with van der Waals surface area (Å²) in [5.74, 6) is -8.96. The van der Waals surface area contributed by atoms with Crippen molar-refractivity contribution in [2.24, 2.45) is 16.6 Å². The van der Waals surface area contributed by atoms with Crippen molar-refractivity contribution in [2.45, 2.75) is 66.2 Å². The monoisotopic (exact) mass is 511 g/mol. The molecular formula is C17H25N3O15. The molecule has 198 valence electrons. The van der Waals surface area contributed by atoms with E-state index in [-0.39, 0.29) is 5.96 Å². The number of aliphatic hydroxyl groups excluding tert-OH is 4. The number of carbonyl (C=O) groups is 3. The molecule has 5 rings (SSSR count). The molecule has 1 saturated carbocycles. The fourth-order valence-corrected chi connectivity index (χ4v) is 4.95. The molecule has 1 aliphatic carbocycles. The lowest BCUT2D eigenvalue weighted by molar-refractivity contribution is -0.548. The second-order valence-corrected chi connectivity index (χ2v) is 8.69. The van der Waals surface area contributed by atoms with Gasteiger partial charge in [-0.1, -0.05) is 0 Å². The van der Waals surface area contributed by atoms with E-state index in [1.54, 1.807) is 0 Å². The largest absolute Gasteiger partial charge is 0.481 e. The standard InChI is InChI=1S/C11H17N3O8.C6H8O7/c12-8-13-6(17)2-4-9(19,1-15)5-3(16)10(2,14-8)7(18)11(20,21-4)22-5;7-3(8)1-6(13,5(11)12)2-4(9)10/h2-7,15-20H,1H2,(H3,12,13,14);13H,1-2H2,(H,7,8)(H,9,10)(H,11,12)/t2?,3-,4?,5?,6?,7?,9?,10-,11+;/m1./s1. The van der Waals surface area contributed by atoms with Gasteiger partial charge in [0, 0.05) is 0 Å². The molecule has 13 N–H and O–H groups in total. The molecule has 18 heteroatoms. The minimum Gasteiger partial charge on any atom is -0.481 e. The fourth-order valence-electron chi connectivity index (χ4n) is 4.95. The van der Waals surface area contributed by atoms with Crippen LogP contribution in [-0.2, 0) is 23.9 Å². The predicted molar refractivity (Wildman–Crippen MR) is 103 cm³/mol. The molecule has 6 unspecified atom stereocenters. The van der Waals surface area contributed by atoms with E-state index in [1.165, 1.54) is 0 Å². The highest BCUT2D eigenvalue weighted by Gasteiger charge is 2.83. The molecule has 35 heavy (non-hydrogen) atoms. The Morgan fingerprint density at radius 2 is 1.54 bits per heavy atom. The van der Waals surface area contributed by atoms with Crippen LogP contribution in [0.5, 0.6) is 0 Å². The third kappa shape index (κ3) is 3.88. The van der Waals surface area contributed by atoms with Gasteiger partial charge in [-0.3, -0.25) is 9.59 Å². The molecule has 18 nitrogen and oxygen atoms in total. The number of hydrogen-bond donors (Lipinski definition) is 12. The van der Waals surface area contributed by atoms with Crippen molar-refractivity contribution in [3.63, 3.8) is 0 Å². The van der Waals surface area contributed by atoms with Gasteiger partial charge in [0.05, 0.1) is 25.4 Å². The predicted octanol–water partition coefficient (Wildman–Crippen LogP) is -6.77. The van der Waals surface area contributed by atoms with Gasteiger partial charge in [-0.2, -0.15) is 0 Å². The number of aliphatic carboxylic acids is 3. The number of ether oxygens (including phenoxy) is 2. The Balaban J connectivity index is 0.000000228. The first-order valence-electron chi connectivity index (χ1n) is 9.94. The Labute approximate surface area is 194 Å². The number of aliphatic imine (C=N–C) groups is 1. The molecule has 3 saturated heterocycles. The van der Waals surface area contributed by atoms with Gasteiger partial charge in [0.2, 0.25) is 0 Å². The Hall–Kier alpha value is -2.68. The van der Waals surface area contributed by atoms with Crippen LogP contribution < -0.4 is 11.1 Å². The van der Waals surface area contributed by atoms with Crippen LogP contribution in [0.15, 0.2) is 4.99 Å². The zero-order valence-electron chi connectivity index (χ0n) is 17.6. The number of carboxylic acids is 3. The van der Waals surface area contributed by atoms with Crippen LogP contribution in [-0.4, -0.2) is 135 Å². The third-order valence-corrected chi connectivity index (χ3v) is 6.50. The molecule has 0 aromatic carbocycles. The Kier molecular flexibility index (Phi) is 6.51. The smallest absolute Gasteiger partial charge is 0.336 e. The number of aliphatic hydroxyl groups is 7. The first kappa shape index (κ1) is 26.9. The number of carboxylic acid groups (broad SMARTS) is 3. The van der Waals surface area contributed by atoms with Crippen LogP contribution in [0, 0.1) is 5.92 Å². The number of hydrogen-bond acceptors (Lipinski definition) is 15. The second-order valence-electron chi connectivity index (χ2n) is 8.69. The van der Waals surface area contributed by atoms with Crippen LogP contribution in [0.25, 0.3) is 0 Å². The highest BCUT2D eigenvalue weighted by atomic mass is 16.9. The fraction of sp³-hybridized carbons (Fsp3) is 0.765. The van der Waals surface area contributed by atoms with Crippen LogP contribution in [0.4, 0.5) is 0 Å². The summed E-state index contributed by atoms with van der Waals surface area (Å²) >= 11 is 0. The van der Waals surface area contributed by atoms with Gasteiger partial charge in [0.15, 0.2) is 23.9 Å². The maximum atomic E-state index is 10.6. The van der Waals surface area contributed by atoms with Crippen molar-refractivity contribution in [3.8, 4) is 0 Å². The van der Waals surface area contributed by atoms with Crippen LogP contribution in [0.3, 0.4) is 0 Å². The van der Waals surface area contributed by atoms with E-state index in [0.717, 1.165) is 0 Å². The normalized spacial score (nSPS) is 43.2. The van der Waals surface area contributed by atoms with Gasteiger partial charge >= 0.3 is 23.9 Å². The Bertz CT molecular complexity index is 930. The van der Waals surface area contributed by atoms with Gasteiger partial charge in [-0.25, -0.2) is 9.79 Å². The van der Waals surface area contributed by atoms with Gasteiger partial charge in [-0.05, 0) is 0 Å². The molecular weight excluding hydrogens is 486 g/mol. The molecule has 4 heterocycles. The maximum absolute atomic E-state index is 10.6. The van der Waals surface area contributed by atoms with Crippen molar-refractivity contribution >= 4 is 23.9 Å². The lowest BCUT2D eigenvalue weighted by Gasteiger charge is -2.71. The van der Waals surface area contributed by atoms with Crippen LogP contribution >= 0.6 is 0 Å². The van der Waals surface area contributed by atoms with E-state index in [1.807, 2.05) is 0 Å². The molecule has 9 atom stereocenters. The van der Waals surface area contributed by atoms with E-state index in [4.69, 9.17) is 35.6 Å². The molecule has 4 fully saturated rings. The summed E-state index contributed by atoms with van der Waals surface area (Å²) in [4.78, 5) is 34.2. The summed E-state index contributed by atoms with van der Waals surface area (Å²) in [7, 11) is 0. The number of nitrogens with two attached hydrogens (primary N) is 1. The summed E-state index contributed by atoms with van der Waals surface area (Å²) in [5, 5.41) is 98.1. The van der Waals surface area contributed by atoms with E-state index < -0.39 is 96.6 Å². The average molecular weight is 511 g/mol. The summed E-state index contributed by atoms with van der Waals surface area (Å²) in [6.45, 7) is -0.857. The summed E-state index contributed by atoms with van der Waals surface area (Å²) in [5.41, 5.74) is -1.00. The quantitative estimate of drug-likeness (QED) is 0.157. The Morgan fingerprint density at radius 3 is 2.00 bits per heavy atom. The van der Waals surface area contributed by atoms with E-state index in [9.17, 15) is 45.0 Å². The number of nitrogens with zero attached hydrogens (tertiary/aromatic N) is 1.